The van der Waals surface area contributed by atoms with Crippen LogP contribution in [0.5, 0.6) is 0 Å². The molecule has 0 aliphatic carbocycles. The molecular weight excluding hydrogens is 501 g/mol. The third-order valence-electron chi connectivity index (χ3n) is 7.50. The number of benzene rings is 3. The number of aliphatic hydroxyl groups excluding tert-OH is 1. The van der Waals surface area contributed by atoms with E-state index in [1.807, 2.05) is 23.1 Å². The van der Waals surface area contributed by atoms with Crippen molar-refractivity contribution >= 4 is 10.0 Å². The van der Waals surface area contributed by atoms with E-state index in [9.17, 15) is 26.7 Å². The summed E-state index contributed by atoms with van der Waals surface area (Å²) in [5.74, 6) is -0.303. The Morgan fingerprint density at radius 3 is 2.30 bits per heavy atom. The van der Waals surface area contributed by atoms with E-state index >= 15 is 0 Å². The molecule has 196 valence electrons. The first-order chi connectivity index (χ1) is 17.6. The van der Waals surface area contributed by atoms with Crippen molar-refractivity contribution in [1.29, 1.82) is 0 Å². The SMILES string of the molecule is Cc1ccccc1S(=O)(=O)N1CCCCN2[C@H](O)[C@@H](c3ccc(-c4cccc(C(F)(F)F)c4)cc3)[C@@H]2C1. The van der Waals surface area contributed by atoms with Crippen LogP contribution >= 0.6 is 0 Å². The predicted octanol–water partition coefficient (Wildman–Crippen LogP) is 5.25. The Balaban J connectivity index is 1.40. The van der Waals surface area contributed by atoms with Crippen LogP contribution in [0.3, 0.4) is 0 Å². The van der Waals surface area contributed by atoms with Crippen LogP contribution in [0.25, 0.3) is 11.1 Å². The largest absolute Gasteiger partial charge is 0.416 e. The lowest BCUT2D eigenvalue weighted by Crippen LogP contribution is -2.66. The Kier molecular flexibility index (Phi) is 6.91. The van der Waals surface area contributed by atoms with Gasteiger partial charge in [-0.05, 0) is 60.2 Å². The lowest BCUT2D eigenvalue weighted by atomic mass is 9.79. The Hall–Kier alpha value is -2.72. The number of alkyl halides is 3. The average Bonchev–Trinajstić information content (AvgIpc) is 2.85. The second-order valence-corrected chi connectivity index (χ2v) is 11.7. The van der Waals surface area contributed by atoms with Crippen molar-refractivity contribution in [3.05, 3.63) is 89.5 Å². The van der Waals surface area contributed by atoms with E-state index in [1.165, 1.54) is 10.4 Å². The highest BCUT2D eigenvalue weighted by Gasteiger charge is 2.50. The second kappa shape index (κ2) is 9.87. The van der Waals surface area contributed by atoms with Crippen molar-refractivity contribution in [3.8, 4) is 11.1 Å². The molecule has 0 amide bonds. The summed E-state index contributed by atoms with van der Waals surface area (Å²) in [6.07, 6.45) is -3.69. The number of rotatable bonds is 4. The quantitative estimate of drug-likeness (QED) is 0.501. The molecule has 0 bridgehead atoms. The summed E-state index contributed by atoms with van der Waals surface area (Å²) < 4.78 is 68.0. The zero-order valence-corrected chi connectivity index (χ0v) is 21.2. The lowest BCUT2D eigenvalue weighted by molar-refractivity contribution is -0.148. The van der Waals surface area contributed by atoms with Crippen LogP contribution in [-0.2, 0) is 16.2 Å². The van der Waals surface area contributed by atoms with Crippen LogP contribution in [0.4, 0.5) is 13.2 Å². The second-order valence-electron chi connectivity index (χ2n) is 9.78. The molecular formula is C28H29F3N2O3S. The molecule has 0 aromatic heterocycles. The van der Waals surface area contributed by atoms with Crippen molar-refractivity contribution in [3.63, 3.8) is 0 Å². The van der Waals surface area contributed by atoms with E-state index < -0.39 is 28.0 Å². The zero-order chi connectivity index (χ0) is 26.4. The fourth-order valence-corrected chi connectivity index (χ4v) is 7.20. The summed E-state index contributed by atoms with van der Waals surface area (Å²) in [5, 5.41) is 11.0. The maximum atomic E-state index is 13.5. The Morgan fingerprint density at radius 2 is 1.59 bits per heavy atom. The van der Waals surface area contributed by atoms with Crippen LogP contribution in [0.1, 0.15) is 35.4 Å². The number of hydrogen-bond acceptors (Lipinski definition) is 4. The minimum Gasteiger partial charge on any atom is -0.378 e. The minimum absolute atomic E-state index is 0.200. The molecule has 2 fully saturated rings. The number of aliphatic hydroxyl groups is 1. The molecule has 9 heteroatoms. The normalized spacial score (nSPS) is 23.5. The number of halogens is 3. The van der Waals surface area contributed by atoms with Crippen LogP contribution in [-0.4, -0.2) is 54.6 Å². The van der Waals surface area contributed by atoms with E-state index in [1.54, 1.807) is 43.3 Å². The van der Waals surface area contributed by atoms with E-state index in [-0.39, 0.29) is 18.5 Å². The van der Waals surface area contributed by atoms with Gasteiger partial charge in [0.2, 0.25) is 10.0 Å². The molecule has 2 aliphatic rings. The average molecular weight is 531 g/mol. The molecule has 3 aromatic carbocycles. The first-order valence-electron chi connectivity index (χ1n) is 12.3. The van der Waals surface area contributed by atoms with E-state index in [2.05, 4.69) is 0 Å². The van der Waals surface area contributed by atoms with Gasteiger partial charge in [0.25, 0.3) is 0 Å². The van der Waals surface area contributed by atoms with Gasteiger partial charge in [-0.2, -0.15) is 17.5 Å². The van der Waals surface area contributed by atoms with E-state index in [4.69, 9.17) is 0 Å². The maximum absolute atomic E-state index is 13.5. The molecule has 5 rings (SSSR count). The molecule has 3 atom stereocenters. The van der Waals surface area contributed by atoms with Gasteiger partial charge in [0.15, 0.2) is 0 Å². The first-order valence-corrected chi connectivity index (χ1v) is 13.8. The molecule has 0 spiro atoms. The number of hydrogen-bond donors (Lipinski definition) is 1. The summed E-state index contributed by atoms with van der Waals surface area (Å²) in [4.78, 5) is 2.24. The van der Waals surface area contributed by atoms with Crippen molar-refractivity contribution in [2.24, 2.45) is 0 Å². The van der Waals surface area contributed by atoms with Gasteiger partial charge in [-0.25, -0.2) is 8.42 Å². The first kappa shape index (κ1) is 25.9. The number of sulfonamides is 1. The van der Waals surface area contributed by atoms with E-state index in [0.29, 0.717) is 41.1 Å². The highest BCUT2D eigenvalue weighted by Crippen LogP contribution is 2.42. The topological polar surface area (TPSA) is 60.9 Å². The predicted molar refractivity (Wildman–Crippen MR) is 135 cm³/mol. The number of aryl methyl sites for hydroxylation is 1. The Morgan fingerprint density at radius 1 is 0.892 bits per heavy atom. The van der Waals surface area contributed by atoms with Crippen molar-refractivity contribution in [2.75, 3.05) is 19.6 Å². The molecule has 2 saturated heterocycles. The van der Waals surface area contributed by atoms with Crippen LogP contribution in [0.15, 0.2) is 77.7 Å². The van der Waals surface area contributed by atoms with Crippen molar-refractivity contribution in [1.82, 2.24) is 9.21 Å². The molecule has 1 N–H and O–H groups in total. The third-order valence-corrected chi connectivity index (χ3v) is 9.52. The molecule has 0 saturated carbocycles. The van der Waals surface area contributed by atoms with Gasteiger partial charge in [0.1, 0.15) is 6.23 Å². The summed E-state index contributed by atoms with van der Waals surface area (Å²) >= 11 is 0. The van der Waals surface area contributed by atoms with Gasteiger partial charge in [-0.3, -0.25) is 4.90 Å². The minimum atomic E-state index is -4.42. The Bertz CT molecular complexity index is 1380. The van der Waals surface area contributed by atoms with Gasteiger partial charge in [0, 0.05) is 31.6 Å². The number of nitrogens with zero attached hydrogens (tertiary/aromatic N) is 2. The summed E-state index contributed by atoms with van der Waals surface area (Å²) in [7, 11) is -3.70. The van der Waals surface area contributed by atoms with Gasteiger partial charge in [-0.1, -0.05) is 54.6 Å². The standard InChI is InChI=1S/C28H29F3N2O3S/c1-19-7-2-3-10-25(19)37(35,36)32-15-4-5-16-33-24(18-32)26(27(33)34)21-13-11-20(12-14-21)22-8-6-9-23(17-22)28(29,30)31/h2-3,6-14,17,24,26-27,34H,4-5,15-16,18H2,1H3/t24-,26-,27+/m0/s1. The maximum Gasteiger partial charge on any atom is 0.416 e. The third kappa shape index (κ3) is 4.93. The van der Waals surface area contributed by atoms with Crippen molar-refractivity contribution in [2.45, 2.75) is 49.0 Å². The Labute approximate surface area is 215 Å². The van der Waals surface area contributed by atoms with Crippen LogP contribution in [0, 0.1) is 6.92 Å². The van der Waals surface area contributed by atoms with Gasteiger partial charge >= 0.3 is 6.18 Å². The molecule has 37 heavy (non-hydrogen) atoms. The smallest absolute Gasteiger partial charge is 0.378 e. The number of fused-ring (bicyclic) bond motifs is 1. The van der Waals surface area contributed by atoms with Crippen LogP contribution < -0.4 is 0 Å². The van der Waals surface area contributed by atoms with Gasteiger partial charge in [-0.15, -0.1) is 0 Å². The molecule has 5 nitrogen and oxygen atoms in total. The highest BCUT2D eigenvalue weighted by atomic mass is 32.2. The van der Waals surface area contributed by atoms with Gasteiger partial charge in [0.05, 0.1) is 10.5 Å². The van der Waals surface area contributed by atoms with Crippen molar-refractivity contribution < 1.29 is 26.7 Å². The fourth-order valence-electron chi connectivity index (χ4n) is 5.48. The highest BCUT2D eigenvalue weighted by molar-refractivity contribution is 7.89. The van der Waals surface area contributed by atoms with Gasteiger partial charge < -0.3 is 5.11 Å². The monoisotopic (exact) mass is 530 g/mol. The fraction of sp³-hybridized carbons (Fsp3) is 0.357. The summed E-state index contributed by atoms with van der Waals surface area (Å²) in [6, 6.07) is 19.1. The van der Waals surface area contributed by atoms with E-state index in [0.717, 1.165) is 24.1 Å². The summed E-state index contributed by atoms with van der Waals surface area (Å²) in [6.45, 7) is 3.14. The zero-order valence-electron chi connectivity index (χ0n) is 20.4. The molecule has 0 unspecified atom stereocenters. The molecule has 0 radical (unpaired) electrons. The lowest BCUT2D eigenvalue weighted by Gasteiger charge is -2.55. The van der Waals surface area contributed by atoms with Crippen LogP contribution in [0.2, 0.25) is 0 Å². The molecule has 3 aromatic rings. The molecule has 2 aliphatic heterocycles. The summed E-state index contributed by atoms with van der Waals surface area (Å²) in [5.41, 5.74) is 1.92. The molecule has 2 heterocycles.